The van der Waals surface area contributed by atoms with Gasteiger partial charge in [0, 0.05) is 0 Å². The molecule has 0 radical (unpaired) electrons. The van der Waals surface area contributed by atoms with Gasteiger partial charge in [-0.1, -0.05) is 6.07 Å². The smallest absolute Gasteiger partial charge is 0.325 e. The molecule has 2 unspecified atom stereocenters. The third kappa shape index (κ3) is 4.35. The van der Waals surface area contributed by atoms with Crippen molar-refractivity contribution in [2.45, 2.75) is 25.5 Å². The molecule has 160 valence electrons. The van der Waals surface area contributed by atoms with Gasteiger partial charge in [0.15, 0.2) is 11.6 Å². The number of amides is 3. The summed E-state index contributed by atoms with van der Waals surface area (Å²) in [5, 5.41) is 12.7. The molecule has 0 saturated carbocycles. The molecule has 9 heteroatoms. The van der Waals surface area contributed by atoms with Crippen molar-refractivity contribution in [2.24, 2.45) is 0 Å². The first-order chi connectivity index (χ1) is 14.2. The first kappa shape index (κ1) is 21.5. The normalized spacial score (nSPS) is 19.6. The van der Waals surface area contributed by atoms with Crippen LogP contribution >= 0.6 is 0 Å². The van der Waals surface area contributed by atoms with Gasteiger partial charge >= 0.3 is 6.03 Å². The number of rotatable bonds is 8. The molecule has 1 fully saturated rings. The van der Waals surface area contributed by atoms with E-state index in [9.17, 15) is 23.5 Å². The molecule has 0 aromatic heterocycles. The SMILES string of the molecule is CCOc1ccc(OCC(O)CN2C(=O)NC(C)(c3ccc(F)c(F)c3)C2=O)cc1. The lowest BCUT2D eigenvalue weighted by molar-refractivity contribution is -0.132. The van der Waals surface area contributed by atoms with Crippen LogP contribution in [0.3, 0.4) is 0 Å². The fourth-order valence-corrected chi connectivity index (χ4v) is 3.12. The maximum Gasteiger partial charge on any atom is 0.325 e. The molecular weight excluding hydrogens is 398 g/mol. The molecule has 1 heterocycles. The fourth-order valence-electron chi connectivity index (χ4n) is 3.12. The van der Waals surface area contributed by atoms with E-state index in [1.807, 2.05) is 6.92 Å². The molecule has 1 aliphatic rings. The number of carbonyl (C=O) groups excluding carboxylic acids is 2. The summed E-state index contributed by atoms with van der Waals surface area (Å²) in [6.45, 7) is 3.32. The van der Waals surface area contributed by atoms with Gasteiger partial charge in [-0.25, -0.2) is 13.6 Å². The van der Waals surface area contributed by atoms with Crippen LogP contribution in [0.4, 0.5) is 13.6 Å². The quantitative estimate of drug-likeness (QED) is 0.641. The molecule has 2 atom stereocenters. The summed E-state index contributed by atoms with van der Waals surface area (Å²) in [6.07, 6.45) is -1.15. The van der Waals surface area contributed by atoms with Crippen LogP contribution in [-0.2, 0) is 10.3 Å². The minimum atomic E-state index is -1.57. The Hall–Kier alpha value is -3.20. The number of β-amino-alcohol motifs (C(OH)–C–C–N with tert-alkyl or cyclic N) is 1. The number of nitrogens with zero attached hydrogens (tertiary/aromatic N) is 1. The average molecular weight is 420 g/mol. The standard InChI is InChI=1S/C21H22F2N2O5/c1-3-29-15-5-7-16(8-6-15)30-12-14(26)11-25-19(27)21(2,24-20(25)28)13-4-9-17(22)18(23)10-13/h4-10,14,26H,3,11-12H2,1-2H3,(H,24,28). The van der Waals surface area contributed by atoms with E-state index in [1.54, 1.807) is 24.3 Å². The van der Waals surface area contributed by atoms with Gasteiger partial charge in [0.2, 0.25) is 0 Å². The Morgan fingerprint density at radius 3 is 2.30 bits per heavy atom. The van der Waals surface area contributed by atoms with Crippen molar-refractivity contribution in [3.8, 4) is 11.5 Å². The van der Waals surface area contributed by atoms with Crippen molar-refractivity contribution >= 4 is 11.9 Å². The summed E-state index contributed by atoms with van der Waals surface area (Å²) < 4.78 is 37.6. The fraction of sp³-hybridized carbons (Fsp3) is 0.333. The predicted molar refractivity (Wildman–Crippen MR) is 103 cm³/mol. The van der Waals surface area contributed by atoms with E-state index in [0.717, 1.165) is 17.0 Å². The van der Waals surface area contributed by atoms with Gasteiger partial charge < -0.3 is 19.9 Å². The van der Waals surface area contributed by atoms with E-state index in [-0.39, 0.29) is 18.7 Å². The van der Waals surface area contributed by atoms with E-state index in [2.05, 4.69) is 5.32 Å². The average Bonchev–Trinajstić information content (AvgIpc) is 2.93. The van der Waals surface area contributed by atoms with E-state index < -0.39 is 35.2 Å². The maximum absolute atomic E-state index is 13.6. The lowest BCUT2D eigenvalue weighted by Crippen LogP contribution is -2.42. The molecule has 0 bridgehead atoms. The third-order valence-electron chi connectivity index (χ3n) is 4.74. The van der Waals surface area contributed by atoms with Crippen molar-refractivity contribution in [2.75, 3.05) is 19.8 Å². The van der Waals surface area contributed by atoms with Crippen LogP contribution < -0.4 is 14.8 Å². The summed E-state index contributed by atoms with van der Waals surface area (Å²) in [5.41, 5.74) is -1.47. The number of hydrogen-bond donors (Lipinski definition) is 2. The number of hydrogen-bond acceptors (Lipinski definition) is 5. The van der Waals surface area contributed by atoms with Gasteiger partial charge in [-0.3, -0.25) is 9.69 Å². The lowest BCUT2D eigenvalue weighted by atomic mass is 9.92. The molecule has 0 spiro atoms. The summed E-state index contributed by atoms with van der Waals surface area (Å²) in [6, 6.07) is 9.02. The molecule has 2 aromatic carbocycles. The molecule has 3 rings (SSSR count). The number of aliphatic hydroxyl groups excluding tert-OH is 1. The van der Waals surface area contributed by atoms with E-state index in [4.69, 9.17) is 9.47 Å². The van der Waals surface area contributed by atoms with Crippen molar-refractivity contribution in [1.29, 1.82) is 0 Å². The number of imide groups is 1. The van der Waals surface area contributed by atoms with Gasteiger partial charge in [-0.2, -0.15) is 0 Å². The molecule has 0 aliphatic carbocycles. The van der Waals surface area contributed by atoms with Crippen molar-refractivity contribution in [1.82, 2.24) is 10.2 Å². The summed E-state index contributed by atoms with van der Waals surface area (Å²) in [5.74, 6) is -1.70. The molecule has 1 saturated heterocycles. The van der Waals surface area contributed by atoms with Crippen LogP contribution in [0, 0.1) is 11.6 Å². The molecule has 30 heavy (non-hydrogen) atoms. The molecule has 7 nitrogen and oxygen atoms in total. The lowest BCUT2D eigenvalue weighted by Gasteiger charge is -2.23. The Balaban J connectivity index is 1.62. The van der Waals surface area contributed by atoms with Crippen molar-refractivity contribution < 1.29 is 33.0 Å². The minimum absolute atomic E-state index is 0.0994. The second-order valence-electron chi connectivity index (χ2n) is 6.97. The van der Waals surface area contributed by atoms with Crippen LogP contribution in [0.5, 0.6) is 11.5 Å². The second kappa shape index (κ2) is 8.66. The zero-order chi connectivity index (χ0) is 21.9. The van der Waals surface area contributed by atoms with E-state index in [1.165, 1.54) is 13.0 Å². The van der Waals surface area contributed by atoms with Gasteiger partial charge in [0.25, 0.3) is 5.91 Å². The van der Waals surface area contributed by atoms with Gasteiger partial charge in [-0.05, 0) is 55.8 Å². The summed E-state index contributed by atoms with van der Waals surface area (Å²) >= 11 is 0. The van der Waals surface area contributed by atoms with Crippen molar-refractivity contribution in [3.63, 3.8) is 0 Å². The Morgan fingerprint density at radius 2 is 1.70 bits per heavy atom. The highest BCUT2D eigenvalue weighted by Crippen LogP contribution is 2.30. The van der Waals surface area contributed by atoms with Crippen LogP contribution in [0.1, 0.15) is 19.4 Å². The zero-order valence-electron chi connectivity index (χ0n) is 16.5. The second-order valence-corrected chi connectivity index (χ2v) is 6.97. The van der Waals surface area contributed by atoms with Crippen LogP contribution in [0.25, 0.3) is 0 Å². The molecule has 2 aromatic rings. The van der Waals surface area contributed by atoms with Gasteiger partial charge in [0.1, 0.15) is 29.7 Å². The maximum atomic E-state index is 13.6. The first-order valence-electron chi connectivity index (χ1n) is 9.38. The number of aliphatic hydroxyl groups is 1. The van der Waals surface area contributed by atoms with Crippen LogP contribution in [-0.4, -0.2) is 47.8 Å². The number of carbonyl (C=O) groups is 2. The minimum Gasteiger partial charge on any atom is -0.494 e. The predicted octanol–water partition coefficient (Wildman–Crippen LogP) is 2.57. The highest BCUT2D eigenvalue weighted by Gasteiger charge is 2.49. The summed E-state index contributed by atoms with van der Waals surface area (Å²) in [4.78, 5) is 25.9. The molecular formula is C21H22F2N2O5. The Labute approximate surface area is 172 Å². The molecule has 1 aliphatic heterocycles. The van der Waals surface area contributed by atoms with Gasteiger partial charge in [0.05, 0.1) is 13.2 Å². The number of ether oxygens (including phenoxy) is 2. The largest absolute Gasteiger partial charge is 0.494 e. The van der Waals surface area contributed by atoms with Crippen LogP contribution in [0.2, 0.25) is 0 Å². The summed E-state index contributed by atoms with van der Waals surface area (Å²) in [7, 11) is 0. The Morgan fingerprint density at radius 1 is 1.07 bits per heavy atom. The van der Waals surface area contributed by atoms with Gasteiger partial charge in [-0.15, -0.1) is 0 Å². The van der Waals surface area contributed by atoms with E-state index >= 15 is 0 Å². The first-order valence-corrected chi connectivity index (χ1v) is 9.38. The van der Waals surface area contributed by atoms with Crippen molar-refractivity contribution in [3.05, 3.63) is 59.7 Å². The molecule has 3 amide bonds. The number of urea groups is 1. The zero-order valence-corrected chi connectivity index (χ0v) is 16.5. The third-order valence-corrected chi connectivity index (χ3v) is 4.74. The number of benzene rings is 2. The van der Waals surface area contributed by atoms with Crippen LogP contribution in [0.15, 0.2) is 42.5 Å². The number of nitrogens with one attached hydrogen (secondary N) is 1. The Bertz CT molecular complexity index is 937. The highest BCUT2D eigenvalue weighted by atomic mass is 19.2. The highest BCUT2D eigenvalue weighted by molar-refractivity contribution is 6.07. The Kier molecular flexibility index (Phi) is 6.21. The number of halogens is 2. The topological polar surface area (TPSA) is 88.1 Å². The molecule has 2 N–H and O–H groups in total. The monoisotopic (exact) mass is 420 g/mol. The van der Waals surface area contributed by atoms with E-state index in [0.29, 0.717) is 18.1 Å².